The van der Waals surface area contributed by atoms with Crippen LogP contribution in [0, 0.1) is 4.91 Å². The van der Waals surface area contributed by atoms with E-state index in [4.69, 9.17) is 0 Å². The topological polar surface area (TPSA) is 71.3 Å². The highest BCUT2D eigenvalue weighted by molar-refractivity contribution is 7.25. The lowest BCUT2D eigenvalue weighted by molar-refractivity contribution is 0.603. The van der Waals surface area contributed by atoms with E-state index in [0.717, 1.165) is 44.1 Å². The number of nitroso groups, excluding NO2 is 1. The molecule has 0 bridgehead atoms. The number of pyridine rings is 1. The molecule has 3 aromatic rings. The van der Waals surface area contributed by atoms with Crippen molar-refractivity contribution in [2.75, 3.05) is 18.5 Å². The van der Waals surface area contributed by atoms with Crippen molar-refractivity contribution < 1.29 is 0 Å². The summed E-state index contributed by atoms with van der Waals surface area (Å²) in [5.74, 6) is 0. The third kappa shape index (κ3) is 2.53. The molecule has 0 saturated carbocycles. The standard InChI is InChI=1S/C15H13N5OS2/c1-20-6-4-10(19-21)12-15(20)23-14(18-12)11-8-17-13(22-11)9-3-2-5-16-7-9/h2-3,5,7-8,10H,4,6H2,1H3. The predicted molar refractivity (Wildman–Crippen MR) is 92.9 cm³/mol. The summed E-state index contributed by atoms with van der Waals surface area (Å²) in [6.07, 6.45) is 6.10. The van der Waals surface area contributed by atoms with Crippen molar-refractivity contribution >= 4 is 27.7 Å². The number of rotatable bonds is 3. The highest BCUT2D eigenvalue weighted by atomic mass is 32.1. The molecule has 1 aliphatic heterocycles. The minimum atomic E-state index is -0.336. The number of hydrogen-bond donors (Lipinski definition) is 0. The molecule has 0 saturated heterocycles. The molecule has 0 N–H and O–H groups in total. The van der Waals surface area contributed by atoms with Crippen molar-refractivity contribution in [1.82, 2.24) is 15.0 Å². The van der Waals surface area contributed by atoms with Crippen LogP contribution in [0.4, 0.5) is 5.00 Å². The fourth-order valence-electron chi connectivity index (χ4n) is 2.57. The molecule has 4 heterocycles. The molecule has 1 unspecified atom stereocenters. The molecule has 0 spiro atoms. The van der Waals surface area contributed by atoms with Gasteiger partial charge in [-0.25, -0.2) is 9.97 Å². The second-order valence-electron chi connectivity index (χ2n) is 5.31. The van der Waals surface area contributed by atoms with E-state index in [-0.39, 0.29) is 6.04 Å². The summed E-state index contributed by atoms with van der Waals surface area (Å²) >= 11 is 3.18. The van der Waals surface area contributed by atoms with Crippen molar-refractivity contribution in [1.29, 1.82) is 0 Å². The van der Waals surface area contributed by atoms with Crippen LogP contribution in [0.1, 0.15) is 18.2 Å². The Labute approximate surface area is 140 Å². The maximum Gasteiger partial charge on any atom is 0.138 e. The molecular weight excluding hydrogens is 330 g/mol. The van der Waals surface area contributed by atoms with Gasteiger partial charge < -0.3 is 4.90 Å². The molecule has 0 amide bonds. The molecule has 0 fully saturated rings. The number of fused-ring (bicyclic) bond motifs is 1. The predicted octanol–water partition coefficient (Wildman–Crippen LogP) is 3.98. The lowest BCUT2D eigenvalue weighted by Crippen LogP contribution is -2.25. The van der Waals surface area contributed by atoms with E-state index in [1.165, 1.54) is 0 Å². The average Bonchev–Trinajstić information content (AvgIpc) is 3.23. The largest absolute Gasteiger partial charge is 0.365 e. The molecule has 3 aromatic heterocycles. The molecular formula is C15H13N5OS2. The second kappa shape index (κ2) is 5.78. The van der Waals surface area contributed by atoms with Crippen LogP contribution in [0.2, 0.25) is 0 Å². The fourth-order valence-corrected chi connectivity index (χ4v) is 4.63. The summed E-state index contributed by atoms with van der Waals surface area (Å²) in [5.41, 5.74) is 1.79. The van der Waals surface area contributed by atoms with Crippen LogP contribution in [0.5, 0.6) is 0 Å². The summed E-state index contributed by atoms with van der Waals surface area (Å²) in [4.78, 5) is 27.5. The summed E-state index contributed by atoms with van der Waals surface area (Å²) in [6, 6.07) is 3.55. The van der Waals surface area contributed by atoms with E-state index in [0.29, 0.717) is 0 Å². The zero-order valence-corrected chi connectivity index (χ0v) is 14.0. The number of anilines is 1. The molecule has 8 heteroatoms. The second-order valence-corrected chi connectivity index (χ2v) is 7.32. The minimum absolute atomic E-state index is 0.336. The highest BCUT2D eigenvalue weighted by Crippen LogP contribution is 2.44. The summed E-state index contributed by atoms with van der Waals surface area (Å²) in [7, 11) is 2.02. The molecule has 0 radical (unpaired) electrons. The van der Waals surface area contributed by atoms with Crippen molar-refractivity contribution in [3.63, 3.8) is 0 Å². The van der Waals surface area contributed by atoms with Gasteiger partial charge in [0.05, 0.1) is 4.88 Å². The van der Waals surface area contributed by atoms with E-state index in [9.17, 15) is 4.91 Å². The van der Waals surface area contributed by atoms with Gasteiger partial charge in [-0.15, -0.1) is 11.3 Å². The van der Waals surface area contributed by atoms with E-state index in [2.05, 4.69) is 25.0 Å². The van der Waals surface area contributed by atoms with Gasteiger partial charge in [-0.1, -0.05) is 16.5 Å². The first-order valence-corrected chi connectivity index (χ1v) is 8.80. The summed E-state index contributed by atoms with van der Waals surface area (Å²) in [5, 5.41) is 6.07. The Balaban J connectivity index is 1.72. The van der Waals surface area contributed by atoms with E-state index in [1.807, 2.05) is 25.4 Å². The van der Waals surface area contributed by atoms with Crippen LogP contribution in [0.25, 0.3) is 20.5 Å². The Hall–Kier alpha value is -2.19. The normalized spacial score (nSPS) is 17.1. The van der Waals surface area contributed by atoms with Crippen molar-refractivity contribution in [3.8, 4) is 20.5 Å². The lowest BCUT2D eigenvalue weighted by atomic mass is 10.1. The van der Waals surface area contributed by atoms with Crippen LogP contribution >= 0.6 is 22.7 Å². The third-order valence-corrected chi connectivity index (χ3v) is 6.19. The van der Waals surface area contributed by atoms with Crippen molar-refractivity contribution in [2.45, 2.75) is 12.5 Å². The Morgan fingerprint density at radius 1 is 1.30 bits per heavy atom. The number of thiazole rings is 2. The number of aromatic nitrogens is 3. The van der Waals surface area contributed by atoms with Gasteiger partial charge in [0.15, 0.2) is 0 Å². The van der Waals surface area contributed by atoms with Gasteiger partial charge in [0, 0.05) is 37.7 Å². The van der Waals surface area contributed by atoms with Crippen LogP contribution in [0.15, 0.2) is 35.9 Å². The first kappa shape index (κ1) is 14.4. The zero-order valence-electron chi connectivity index (χ0n) is 12.3. The van der Waals surface area contributed by atoms with E-state index in [1.54, 1.807) is 35.1 Å². The quantitative estimate of drug-likeness (QED) is 0.673. The van der Waals surface area contributed by atoms with Crippen LogP contribution in [0.3, 0.4) is 0 Å². The summed E-state index contributed by atoms with van der Waals surface area (Å²) in [6.45, 7) is 0.828. The fraction of sp³-hybridized carbons (Fsp3) is 0.267. The van der Waals surface area contributed by atoms with Gasteiger partial charge in [0.1, 0.15) is 26.8 Å². The smallest absolute Gasteiger partial charge is 0.138 e. The van der Waals surface area contributed by atoms with Gasteiger partial charge in [0.25, 0.3) is 0 Å². The first-order chi connectivity index (χ1) is 11.3. The third-order valence-electron chi connectivity index (χ3n) is 3.79. The molecule has 23 heavy (non-hydrogen) atoms. The molecule has 4 rings (SSSR count). The monoisotopic (exact) mass is 343 g/mol. The Morgan fingerprint density at radius 3 is 3.00 bits per heavy atom. The Kier molecular flexibility index (Phi) is 3.62. The van der Waals surface area contributed by atoms with Gasteiger partial charge >= 0.3 is 0 Å². The van der Waals surface area contributed by atoms with Gasteiger partial charge in [-0.05, 0) is 18.6 Å². The van der Waals surface area contributed by atoms with E-state index >= 15 is 0 Å². The first-order valence-electron chi connectivity index (χ1n) is 7.17. The summed E-state index contributed by atoms with van der Waals surface area (Å²) < 4.78 is 0. The van der Waals surface area contributed by atoms with Gasteiger partial charge in [-0.3, -0.25) is 4.98 Å². The minimum Gasteiger partial charge on any atom is -0.365 e. The lowest BCUT2D eigenvalue weighted by Gasteiger charge is -2.25. The molecule has 116 valence electrons. The highest BCUT2D eigenvalue weighted by Gasteiger charge is 2.29. The van der Waals surface area contributed by atoms with E-state index < -0.39 is 0 Å². The molecule has 6 nitrogen and oxygen atoms in total. The SMILES string of the molecule is CN1CCC(N=O)c2nc(-c3cnc(-c4cccnc4)s3)sc21. The molecule has 0 aromatic carbocycles. The zero-order chi connectivity index (χ0) is 15.8. The van der Waals surface area contributed by atoms with Gasteiger partial charge in [0.2, 0.25) is 0 Å². The Morgan fingerprint density at radius 2 is 2.22 bits per heavy atom. The van der Waals surface area contributed by atoms with Crippen molar-refractivity contribution in [3.05, 3.63) is 41.3 Å². The van der Waals surface area contributed by atoms with Crippen LogP contribution in [-0.4, -0.2) is 28.5 Å². The van der Waals surface area contributed by atoms with Crippen LogP contribution in [-0.2, 0) is 0 Å². The van der Waals surface area contributed by atoms with Gasteiger partial charge in [-0.2, -0.15) is 4.91 Å². The average molecular weight is 343 g/mol. The Bertz CT molecular complexity index is 845. The van der Waals surface area contributed by atoms with Crippen LogP contribution < -0.4 is 4.90 Å². The molecule has 1 atom stereocenters. The maximum atomic E-state index is 11.0. The molecule has 1 aliphatic rings. The maximum absolute atomic E-state index is 11.0. The number of nitrogens with zero attached hydrogens (tertiary/aromatic N) is 5. The number of hydrogen-bond acceptors (Lipinski definition) is 8. The molecule has 0 aliphatic carbocycles. The van der Waals surface area contributed by atoms with Crippen molar-refractivity contribution in [2.24, 2.45) is 5.18 Å².